The van der Waals surface area contributed by atoms with E-state index in [0.29, 0.717) is 30.9 Å². The lowest BCUT2D eigenvalue weighted by Gasteiger charge is -2.32. The lowest BCUT2D eigenvalue weighted by atomic mass is 9.97. The van der Waals surface area contributed by atoms with Gasteiger partial charge >= 0.3 is 0 Å². The normalized spacial score (nSPS) is 12.3. The number of rotatable bonds is 36. The van der Waals surface area contributed by atoms with Crippen LogP contribution in [0, 0.1) is 18.8 Å². The van der Waals surface area contributed by atoms with Crippen molar-refractivity contribution >= 4 is 52.0 Å². The van der Waals surface area contributed by atoms with Crippen molar-refractivity contribution in [3.8, 4) is 22.8 Å². The molecule has 0 fully saturated rings. The predicted molar refractivity (Wildman–Crippen MR) is 369 cm³/mol. The van der Waals surface area contributed by atoms with Crippen molar-refractivity contribution < 1.29 is 92.1 Å². The van der Waals surface area contributed by atoms with E-state index in [1.807, 2.05) is 92.6 Å². The maximum atomic E-state index is 11.0. The molecule has 562 valence electrons. The molecule has 30 nitrogen and oxygen atoms in total. The summed E-state index contributed by atoms with van der Waals surface area (Å²) in [6.45, 7) is 18.3. The molecule has 0 bridgehead atoms. The van der Waals surface area contributed by atoms with Crippen LogP contribution in [0.25, 0.3) is 22.8 Å². The SMILES string of the molecule is CCN(CC(CC(=O)[O-])CC(=O)[O-])CC(CC(=O)[O-])CC(=O)[O-].CCN(Cc1ccc(-c2ccccn2)nc1)Cc1ccc(-c2ccccn2)nc1.CCN(Cc1cncnc1)Cc1cncnc1.CCOCc1c(C)cccc1P(=O)([O-])[O-].CCOCc1cc(CP(=O)([O-])O)cc(CP(=O)([O-])O)c1. The summed E-state index contributed by atoms with van der Waals surface area (Å²) in [5, 5.41) is 42.5. The molecule has 104 heavy (non-hydrogen) atoms. The summed E-state index contributed by atoms with van der Waals surface area (Å²) in [7, 11) is -13.7. The number of aromatic nitrogens is 8. The molecule has 6 aromatic heterocycles. The summed E-state index contributed by atoms with van der Waals surface area (Å²) in [6, 6.07) is 29.0. The number of carbonyl (C=O) groups excluding carboxylic acids is 4. The topological polar surface area (TPSA) is 476 Å². The number of hydrogen-bond acceptors (Lipinski definition) is 28. The van der Waals surface area contributed by atoms with Crippen molar-refractivity contribution in [3.05, 3.63) is 209 Å². The third-order valence-electron chi connectivity index (χ3n) is 15.0. The van der Waals surface area contributed by atoms with E-state index < -0.39 is 96.5 Å². The maximum absolute atomic E-state index is 11.0. The summed E-state index contributed by atoms with van der Waals surface area (Å²) in [5.74, 6) is -7.20. The summed E-state index contributed by atoms with van der Waals surface area (Å²) in [6.07, 6.45) is 14.8. The van der Waals surface area contributed by atoms with Crippen LogP contribution in [0.5, 0.6) is 0 Å². The van der Waals surface area contributed by atoms with Gasteiger partial charge in [-0.1, -0.05) is 81.4 Å². The molecule has 2 atom stereocenters. The minimum atomic E-state index is -4.70. The highest BCUT2D eigenvalue weighted by Crippen LogP contribution is 2.38. The van der Waals surface area contributed by atoms with Gasteiger partial charge in [-0.2, -0.15) is 0 Å². The molecule has 6 heterocycles. The van der Waals surface area contributed by atoms with Gasteiger partial charge in [0.15, 0.2) is 0 Å². The molecule has 2 aromatic carbocycles. The lowest BCUT2D eigenvalue weighted by molar-refractivity contribution is -0.312. The zero-order valence-electron chi connectivity index (χ0n) is 58.7. The van der Waals surface area contributed by atoms with Gasteiger partial charge < -0.3 is 97.0 Å². The molecule has 0 spiro atoms. The first-order valence-electron chi connectivity index (χ1n) is 33.0. The third-order valence-corrected chi connectivity index (χ3v) is 17.6. The molecule has 0 radical (unpaired) electrons. The Balaban J connectivity index is 0.000000281. The number of carboxylic acid groups (broad SMARTS) is 4. The zero-order chi connectivity index (χ0) is 76.7. The number of aryl methyl sites for hydroxylation is 1. The van der Waals surface area contributed by atoms with E-state index in [0.717, 1.165) is 78.7 Å². The second kappa shape index (κ2) is 46.2. The van der Waals surface area contributed by atoms with Crippen molar-refractivity contribution in [3.63, 3.8) is 0 Å². The van der Waals surface area contributed by atoms with E-state index in [1.165, 1.54) is 35.4 Å². The molecule has 0 aliphatic carbocycles. The van der Waals surface area contributed by atoms with E-state index >= 15 is 0 Å². The molecule has 0 amide bonds. The van der Waals surface area contributed by atoms with Crippen molar-refractivity contribution in [2.24, 2.45) is 11.8 Å². The highest BCUT2D eigenvalue weighted by molar-refractivity contribution is 7.57. The highest BCUT2D eigenvalue weighted by atomic mass is 31.2. The first-order valence-corrected chi connectivity index (χ1v) is 38.1. The Morgan fingerprint density at radius 1 is 0.442 bits per heavy atom. The van der Waals surface area contributed by atoms with Crippen LogP contribution in [0.4, 0.5) is 0 Å². The van der Waals surface area contributed by atoms with Gasteiger partial charge in [-0.15, -0.1) is 0 Å². The zero-order valence-corrected chi connectivity index (χ0v) is 61.4. The number of aliphatic carboxylic acids is 4. The number of nitrogens with zero attached hydrogens (tertiary/aromatic N) is 11. The van der Waals surface area contributed by atoms with Gasteiger partial charge in [0.05, 0.1) is 36.0 Å². The number of carbonyl (C=O) groups is 4. The van der Waals surface area contributed by atoms with Crippen LogP contribution in [0.1, 0.15) is 110 Å². The minimum Gasteiger partial charge on any atom is -0.807 e. The number of ether oxygens (including phenoxy) is 2. The van der Waals surface area contributed by atoms with Crippen molar-refractivity contribution in [2.45, 2.75) is 119 Å². The Kier molecular flexibility index (Phi) is 39.0. The second-order valence-electron chi connectivity index (χ2n) is 23.6. The number of benzene rings is 2. The fraction of sp³-hybridized carbons (Fsp3) is 0.380. The Morgan fingerprint density at radius 3 is 1.14 bits per heavy atom. The molecule has 33 heteroatoms. The third kappa shape index (κ3) is 36.7. The van der Waals surface area contributed by atoms with Crippen LogP contribution in [-0.2, 0) is 94.1 Å². The molecule has 2 N–H and O–H groups in total. The smallest absolute Gasteiger partial charge is 0.136 e. The molecule has 8 aromatic rings. The van der Waals surface area contributed by atoms with Crippen LogP contribution in [0.2, 0.25) is 0 Å². The molecule has 8 rings (SSSR count). The van der Waals surface area contributed by atoms with Crippen LogP contribution < -0.4 is 45.3 Å². The first-order chi connectivity index (χ1) is 49.4. The Morgan fingerprint density at radius 2 is 0.817 bits per heavy atom. The van der Waals surface area contributed by atoms with Crippen molar-refractivity contribution in [1.82, 2.24) is 54.6 Å². The molecule has 0 aliphatic heterocycles. The van der Waals surface area contributed by atoms with E-state index in [9.17, 15) is 72.9 Å². The van der Waals surface area contributed by atoms with Gasteiger partial charge in [-0.05, 0) is 166 Å². The van der Waals surface area contributed by atoms with Gasteiger partial charge in [0.25, 0.3) is 0 Å². The van der Waals surface area contributed by atoms with Crippen LogP contribution in [0.15, 0.2) is 159 Å². The fourth-order valence-corrected chi connectivity index (χ4v) is 12.4. The Labute approximate surface area is 604 Å². The monoisotopic (exact) mass is 1490 g/mol. The minimum absolute atomic E-state index is 0.0368. The first kappa shape index (κ1) is 87.7. The molecular weight excluding hydrogens is 1400 g/mol. The fourth-order valence-electron chi connectivity index (χ4n) is 10.3. The predicted octanol–water partition coefficient (Wildman–Crippen LogP) is 1.40. The number of carboxylic acids is 4. The average Bonchev–Trinajstić information content (AvgIpc) is 0.823. The highest BCUT2D eigenvalue weighted by Gasteiger charge is 2.20. The summed E-state index contributed by atoms with van der Waals surface area (Å²) >= 11 is 0. The summed E-state index contributed by atoms with van der Waals surface area (Å²) in [5.41, 5.74) is 10.5. The quantitative estimate of drug-likeness (QED) is 0.0524. The van der Waals surface area contributed by atoms with Gasteiger partial charge in [0.2, 0.25) is 0 Å². The standard InChI is InChI=1S/C24H23N5.C14H23NO8.C12H15N5.C11H18O7P2.C10H15O4P/c1-2-29(17-19-9-11-23(27-15-19)21-7-3-5-13-25-21)18-20-10-12-24(28-16-20)22-8-4-6-14-26-22;1-2-15(7-9(3-11(16)17)4-12(18)19)8-10(5-13(20)21)6-14(22)23;1-2-17(7-11-3-13-9-14-4-11)8-12-5-15-10-16-6-12;1-2-18-6-9-3-10(7-19(12,13)14)5-11(4-9)8-20(15,16)17;1-3-14-7-9-8(2)5-4-6-10(9)15(11,12)13/h3-16H,2,17-18H2,1H3;9-10H,2-8H2,1H3,(H,16,17)(H,18,19)(H,20,21)(H,22,23);3-6,9-10H,2,7-8H2,1H3;3-5H,2,6-8H2,1H3,(H2,12,13,14)(H2,15,16,17);4-6H,3,7H2,1-2H3,(H2,11,12,13)/p-8. The van der Waals surface area contributed by atoms with Crippen LogP contribution in [0.3, 0.4) is 0 Å². The lowest BCUT2D eigenvalue weighted by Crippen LogP contribution is -2.41. The van der Waals surface area contributed by atoms with E-state index in [4.69, 9.17) is 19.3 Å². The second-order valence-corrected chi connectivity index (χ2v) is 28.3. The molecule has 0 aliphatic rings. The molecule has 0 saturated carbocycles. The van der Waals surface area contributed by atoms with Crippen LogP contribution >= 0.6 is 22.8 Å². The largest absolute Gasteiger partial charge is 0.807 e. The summed E-state index contributed by atoms with van der Waals surface area (Å²) < 4.78 is 43.1. The average molecular weight is 1490 g/mol. The van der Waals surface area contributed by atoms with Gasteiger partial charge in [-0.3, -0.25) is 29.7 Å². The van der Waals surface area contributed by atoms with E-state index in [-0.39, 0.29) is 42.7 Å². The summed E-state index contributed by atoms with van der Waals surface area (Å²) in [4.78, 5) is 144. The molecular formula is C71H86N11O19P3-8. The van der Waals surface area contributed by atoms with Crippen molar-refractivity contribution in [1.29, 1.82) is 0 Å². The Hall–Kier alpha value is -8.67. The van der Waals surface area contributed by atoms with Gasteiger partial charge in [0, 0.05) is 149 Å². The number of pyridine rings is 4. The number of hydrogen-bond donors (Lipinski definition) is 2. The van der Waals surface area contributed by atoms with Gasteiger partial charge in [-0.25, -0.2) is 19.9 Å². The van der Waals surface area contributed by atoms with Crippen LogP contribution in [-0.4, -0.2) is 134 Å². The van der Waals surface area contributed by atoms with Crippen molar-refractivity contribution in [2.75, 3.05) is 45.9 Å². The maximum Gasteiger partial charge on any atom is 0.136 e. The van der Waals surface area contributed by atoms with Gasteiger partial charge in [0.1, 0.15) is 27.8 Å². The van der Waals surface area contributed by atoms with E-state index in [2.05, 4.69) is 75.7 Å². The molecule has 2 unspecified atom stereocenters. The Bertz CT molecular complexity index is 3760. The molecule has 0 saturated heterocycles. The van der Waals surface area contributed by atoms with E-state index in [1.54, 1.807) is 62.9 Å².